The summed E-state index contributed by atoms with van der Waals surface area (Å²) in [5.74, 6) is 0.665. The van der Waals surface area contributed by atoms with Crippen LogP contribution in [0.1, 0.15) is 17.0 Å². The van der Waals surface area contributed by atoms with Crippen molar-refractivity contribution in [3.63, 3.8) is 0 Å². The van der Waals surface area contributed by atoms with Crippen LogP contribution < -0.4 is 4.74 Å². The van der Waals surface area contributed by atoms with Crippen LogP contribution in [-0.2, 0) is 6.61 Å². The average Bonchev–Trinajstić information content (AvgIpc) is 3.16. The minimum absolute atomic E-state index is 0.187. The Labute approximate surface area is 172 Å². The van der Waals surface area contributed by atoms with Crippen molar-refractivity contribution in [1.29, 1.82) is 5.26 Å². The van der Waals surface area contributed by atoms with Crippen molar-refractivity contribution < 1.29 is 4.74 Å². The second-order valence-corrected chi connectivity index (χ2v) is 7.12. The normalized spacial score (nSPS) is 10.8. The summed E-state index contributed by atoms with van der Waals surface area (Å²) in [5.41, 5.74) is 4.28. The van der Waals surface area contributed by atoms with Crippen LogP contribution in [0.2, 0.25) is 10.0 Å². The highest BCUT2D eigenvalue weighted by molar-refractivity contribution is 6.37. The lowest BCUT2D eigenvalue weighted by molar-refractivity contribution is 0.309. The summed E-state index contributed by atoms with van der Waals surface area (Å²) in [5, 5.41) is 11.2. The number of aryl methyl sites for hydroxylation is 1. The lowest BCUT2D eigenvalue weighted by Gasteiger charge is -2.14. The summed E-state index contributed by atoms with van der Waals surface area (Å²) >= 11 is 13.0. The average molecular weight is 408 g/mol. The van der Waals surface area contributed by atoms with Crippen LogP contribution in [0.5, 0.6) is 5.75 Å². The number of pyridine rings is 1. The molecule has 28 heavy (non-hydrogen) atoms. The van der Waals surface area contributed by atoms with Crippen molar-refractivity contribution in [3.8, 4) is 22.9 Å². The van der Waals surface area contributed by atoms with Crippen LogP contribution in [0.3, 0.4) is 0 Å². The van der Waals surface area contributed by atoms with Gasteiger partial charge in [0.05, 0.1) is 5.02 Å². The van der Waals surface area contributed by atoms with Gasteiger partial charge in [0.1, 0.15) is 29.6 Å². The first-order chi connectivity index (χ1) is 13.6. The molecular weight excluding hydrogens is 393 g/mol. The number of ether oxygens (including phenoxy) is 1. The molecule has 4 nitrogen and oxygen atoms in total. The number of H-pyrrole nitrogens is 1. The number of hydrogen-bond donors (Lipinski definition) is 1. The number of para-hydroxylation sites is 1. The SMILES string of the molecule is Cc1ccc2cccc(OCc3c(Cl)ccc(-c4cc[nH]c4C#N)c3Cl)c2n1. The number of nitriles is 1. The molecule has 0 aliphatic heterocycles. The fraction of sp³-hybridized carbons (Fsp3) is 0.0909. The van der Waals surface area contributed by atoms with Crippen LogP contribution in [0.15, 0.2) is 54.7 Å². The summed E-state index contributed by atoms with van der Waals surface area (Å²) in [6.45, 7) is 2.13. The molecule has 0 spiro atoms. The van der Waals surface area contributed by atoms with Crippen molar-refractivity contribution >= 4 is 34.1 Å². The van der Waals surface area contributed by atoms with Gasteiger partial charge in [0.25, 0.3) is 0 Å². The van der Waals surface area contributed by atoms with E-state index in [2.05, 4.69) is 16.0 Å². The van der Waals surface area contributed by atoms with E-state index in [-0.39, 0.29) is 6.61 Å². The van der Waals surface area contributed by atoms with Crippen LogP contribution in [0.25, 0.3) is 22.0 Å². The molecule has 2 heterocycles. The maximum absolute atomic E-state index is 9.28. The summed E-state index contributed by atoms with van der Waals surface area (Å²) in [7, 11) is 0. The fourth-order valence-corrected chi connectivity index (χ4v) is 3.69. The van der Waals surface area contributed by atoms with Gasteiger partial charge in [-0.2, -0.15) is 5.26 Å². The van der Waals surface area contributed by atoms with Gasteiger partial charge in [0.15, 0.2) is 0 Å². The molecule has 138 valence electrons. The standard InChI is InChI=1S/C22H15Cl2N3O/c1-13-5-6-14-3-2-4-20(22(14)27-13)28-12-17-18(23)8-7-16(21(17)24)15-9-10-26-19(15)11-25/h2-10,26H,12H2,1H3. The lowest BCUT2D eigenvalue weighted by Crippen LogP contribution is -2.00. The number of hydrogen-bond acceptors (Lipinski definition) is 3. The highest BCUT2D eigenvalue weighted by Gasteiger charge is 2.16. The van der Waals surface area contributed by atoms with Gasteiger partial charge >= 0.3 is 0 Å². The quantitative estimate of drug-likeness (QED) is 0.431. The summed E-state index contributed by atoms with van der Waals surface area (Å²) in [6, 6.07) is 17.3. The maximum atomic E-state index is 9.28. The molecule has 0 radical (unpaired) electrons. The van der Waals surface area contributed by atoms with Crippen LogP contribution in [0, 0.1) is 18.3 Å². The van der Waals surface area contributed by atoms with Gasteiger partial charge in [0, 0.05) is 39.0 Å². The zero-order valence-electron chi connectivity index (χ0n) is 15.0. The number of nitrogens with one attached hydrogen (secondary N) is 1. The smallest absolute Gasteiger partial charge is 0.146 e. The third-order valence-electron chi connectivity index (χ3n) is 4.53. The van der Waals surface area contributed by atoms with E-state index in [9.17, 15) is 5.26 Å². The van der Waals surface area contributed by atoms with Gasteiger partial charge in [-0.25, -0.2) is 4.98 Å². The number of halogens is 2. The zero-order valence-corrected chi connectivity index (χ0v) is 16.5. The Morgan fingerprint density at radius 2 is 1.93 bits per heavy atom. The second kappa shape index (κ2) is 7.55. The lowest BCUT2D eigenvalue weighted by atomic mass is 10.0. The summed E-state index contributed by atoms with van der Waals surface area (Å²) in [6.07, 6.45) is 1.71. The number of aromatic nitrogens is 2. The predicted molar refractivity (Wildman–Crippen MR) is 112 cm³/mol. The van der Waals surface area contributed by atoms with Crippen LogP contribution in [-0.4, -0.2) is 9.97 Å². The molecule has 0 amide bonds. The molecule has 0 saturated heterocycles. The Hall–Kier alpha value is -3.00. The van der Waals surface area contributed by atoms with E-state index in [4.69, 9.17) is 27.9 Å². The molecular formula is C22H15Cl2N3O. The third-order valence-corrected chi connectivity index (χ3v) is 5.32. The first-order valence-electron chi connectivity index (χ1n) is 8.62. The number of aromatic amines is 1. The van der Waals surface area contributed by atoms with E-state index in [0.717, 1.165) is 27.7 Å². The Balaban J connectivity index is 1.71. The molecule has 1 N–H and O–H groups in total. The van der Waals surface area contributed by atoms with Crippen LogP contribution >= 0.6 is 23.2 Å². The molecule has 2 aromatic heterocycles. The van der Waals surface area contributed by atoms with E-state index in [1.54, 1.807) is 18.3 Å². The predicted octanol–water partition coefficient (Wildman–Crippen LogP) is 6.30. The van der Waals surface area contributed by atoms with Gasteiger partial charge in [-0.05, 0) is 31.2 Å². The van der Waals surface area contributed by atoms with Crippen molar-refractivity contribution in [3.05, 3.63) is 81.7 Å². The number of fused-ring (bicyclic) bond motifs is 1. The molecule has 0 fully saturated rings. The number of nitrogens with zero attached hydrogens (tertiary/aromatic N) is 2. The number of benzene rings is 2. The first-order valence-corrected chi connectivity index (χ1v) is 9.38. The van der Waals surface area contributed by atoms with Crippen molar-refractivity contribution in [2.45, 2.75) is 13.5 Å². The highest BCUT2D eigenvalue weighted by Crippen LogP contribution is 2.37. The molecule has 0 unspecified atom stereocenters. The van der Waals surface area contributed by atoms with Gasteiger partial charge in [0.2, 0.25) is 0 Å². The minimum Gasteiger partial charge on any atom is -0.487 e. The second-order valence-electron chi connectivity index (χ2n) is 6.33. The summed E-state index contributed by atoms with van der Waals surface area (Å²) < 4.78 is 6.05. The fourth-order valence-electron chi connectivity index (χ4n) is 3.11. The molecule has 0 aliphatic rings. The van der Waals surface area contributed by atoms with Gasteiger partial charge in [-0.15, -0.1) is 0 Å². The maximum Gasteiger partial charge on any atom is 0.146 e. The molecule has 0 bridgehead atoms. The van der Waals surface area contributed by atoms with Crippen molar-refractivity contribution in [2.75, 3.05) is 0 Å². The summed E-state index contributed by atoms with van der Waals surface area (Å²) in [4.78, 5) is 7.49. The largest absolute Gasteiger partial charge is 0.487 e. The Morgan fingerprint density at radius 3 is 2.75 bits per heavy atom. The van der Waals surface area contributed by atoms with E-state index in [1.807, 2.05) is 43.3 Å². The van der Waals surface area contributed by atoms with E-state index >= 15 is 0 Å². The van der Waals surface area contributed by atoms with Crippen LogP contribution in [0.4, 0.5) is 0 Å². The monoisotopic (exact) mass is 407 g/mol. The molecule has 4 rings (SSSR count). The Kier molecular flexibility index (Phi) is 4.95. The van der Waals surface area contributed by atoms with Gasteiger partial charge < -0.3 is 9.72 Å². The van der Waals surface area contributed by atoms with Gasteiger partial charge in [-0.1, -0.05) is 47.5 Å². The molecule has 0 saturated carbocycles. The van der Waals surface area contributed by atoms with Crippen molar-refractivity contribution in [2.24, 2.45) is 0 Å². The molecule has 0 atom stereocenters. The van der Waals surface area contributed by atoms with Gasteiger partial charge in [-0.3, -0.25) is 0 Å². The third kappa shape index (κ3) is 3.31. The Morgan fingerprint density at radius 1 is 1.07 bits per heavy atom. The van der Waals surface area contributed by atoms with E-state index < -0.39 is 0 Å². The minimum atomic E-state index is 0.187. The Bertz CT molecular complexity index is 1220. The topological polar surface area (TPSA) is 61.7 Å². The zero-order chi connectivity index (χ0) is 19.7. The molecule has 2 aromatic carbocycles. The van der Waals surface area contributed by atoms with E-state index in [1.165, 1.54) is 0 Å². The molecule has 4 aromatic rings. The van der Waals surface area contributed by atoms with E-state index in [0.29, 0.717) is 27.1 Å². The number of rotatable bonds is 4. The molecule has 6 heteroatoms. The van der Waals surface area contributed by atoms with Crippen molar-refractivity contribution in [1.82, 2.24) is 9.97 Å². The first kappa shape index (κ1) is 18.4. The highest BCUT2D eigenvalue weighted by atomic mass is 35.5. The molecule has 0 aliphatic carbocycles.